The van der Waals surface area contributed by atoms with E-state index in [1.165, 1.54) is 11.3 Å². The van der Waals surface area contributed by atoms with Gasteiger partial charge in [0.25, 0.3) is 0 Å². The third kappa shape index (κ3) is 4.81. The second-order valence-electron chi connectivity index (χ2n) is 6.24. The Bertz CT molecular complexity index is 652. The summed E-state index contributed by atoms with van der Waals surface area (Å²) in [7, 11) is 0. The molecule has 6 nitrogen and oxygen atoms in total. The fourth-order valence-electron chi connectivity index (χ4n) is 2.45. The molecule has 1 aromatic carbocycles. The summed E-state index contributed by atoms with van der Waals surface area (Å²) in [4.78, 5) is 6.80. The third-order valence-corrected chi connectivity index (χ3v) is 3.83. The Morgan fingerprint density at radius 3 is 2.54 bits per heavy atom. The zero-order chi connectivity index (χ0) is 17.5. The normalized spacial score (nSPS) is 10.8. The van der Waals surface area contributed by atoms with Crippen molar-refractivity contribution in [3.63, 3.8) is 0 Å². The molecule has 0 spiro atoms. The number of rotatable bonds is 8. The predicted molar refractivity (Wildman–Crippen MR) is 101 cm³/mol. The van der Waals surface area contributed by atoms with Gasteiger partial charge in [0.1, 0.15) is 0 Å². The van der Waals surface area contributed by atoms with E-state index in [2.05, 4.69) is 83.5 Å². The quantitative estimate of drug-likeness (QED) is 0.767. The van der Waals surface area contributed by atoms with E-state index in [9.17, 15) is 0 Å². The van der Waals surface area contributed by atoms with Gasteiger partial charge in [0.05, 0.1) is 6.20 Å². The van der Waals surface area contributed by atoms with Gasteiger partial charge in [0.2, 0.25) is 5.95 Å². The summed E-state index contributed by atoms with van der Waals surface area (Å²) in [6.45, 7) is 13.6. The molecule has 2 rings (SSSR count). The maximum Gasteiger partial charge on any atom is 0.244 e. The molecule has 1 aromatic heterocycles. The van der Waals surface area contributed by atoms with Crippen molar-refractivity contribution in [1.82, 2.24) is 15.2 Å². The Balaban J connectivity index is 2.12. The molecule has 0 amide bonds. The zero-order valence-corrected chi connectivity index (χ0v) is 15.3. The summed E-state index contributed by atoms with van der Waals surface area (Å²) >= 11 is 0. The van der Waals surface area contributed by atoms with E-state index in [0.717, 1.165) is 25.3 Å². The van der Waals surface area contributed by atoms with Gasteiger partial charge < -0.3 is 15.5 Å². The maximum absolute atomic E-state index is 4.46. The molecule has 0 unspecified atom stereocenters. The van der Waals surface area contributed by atoms with Crippen molar-refractivity contribution < 1.29 is 0 Å². The van der Waals surface area contributed by atoms with Crippen LogP contribution in [0.2, 0.25) is 0 Å². The van der Waals surface area contributed by atoms with Gasteiger partial charge in [0.15, 0.2) is 5.82 Å². The highest BCUT2D eigenvalue weighted by atomic mass is 15.3. The predicted octanol–water partition coefficient (Wildman–Crippen LogP) is 3.84. The number of anilines is 4. The molecule has 0 saturated heterocycles. The van der Waals surface area contributed by atoms with Gasteiger partial charge in [0, 0.05) is 31.0 Å². The minimum atomic E-state index is 0.528. The summed E-state index contributed by atoms with van der Waals surface area (Å²) in [5.74, 6) is 1.76. The molecule has 0 atom stereocenters. The molecule has 130 valence electrons. The topological polar surface area (TPSA) is 66.0 Å². The lowest BCUT2D eigenvalue weighted by Crippen LogP contribution is -2.21. The molecule has 0 fully saturated rings. The van der Waals surface area contributed by atoms with E-state index in [-0.39, 0.29) is 0 Å². The Morgan fingerprint density at radius 1 is 1.17 bits per heavy atom. The summed E-state index contributed by atoms with van der Waals surface area (Å²) in [6.07, 6.45) is 1.64. The average Bonchev–Trinajstić information content (AvgIpc) is 2.57. The van der Waals surface area contributed by atoms with Crippen LogP contribution >= 0.6 is 0 Å². The first-order valence-corrected chi connectivity index (χ1v) is 8.59. The minimum Gasteiger partial charge on any atom is -0.372 e. The van der Waals surface area contributed by atoms with Crippen molar-refractivity contribution in [3.05, 3.63) is 30.0 Å². The number of nitrogens with zero attached hydrogens (tertiary/aromatic N) is 4. The molecule has 6 heteroatoms. The van der Waals surface area contributed by atoms with E-state index >= 15 is 0 Å². The van der Waals surface area contributed by atoms with E-state index < -0.39 is 0 Å². The van der Waals surface area contributed by atoms with Crippen LogP contribution in [0.4, 0.5) is 23.1 Å². The van der Waals surface area contributed by atoms with Crippen LogP contribution in [-0.4, -0.2) is 34.8 Å². The molecular formula is C18H28N6. The monoisotopic (exact) mass is 328 g/mol. The molecule has 0 aliphatic carbocycles. The standard InChI is InChI=1S/C18H28N6/c1-6-24(7-2)15-8-9-16(14(5)10-15)21-17-12-20-23-18(22-17)19-11-13(3)4/h8-10,12-13H,6-7,11H2,1-5H3,(H2,19,21,22,23). The minimum absolute atomic E-state index is 0.528. The Morgan fingerprint density at radius 2 is 1.92 bits per heavy atom. The van der Waals surface area contributed by atoms with E-state index in [0.29, 0.717) is 17.7 Å². The first kappa shape index (κ1) is 18.0. The second-order valence-corrected chi connectivity index (χ2v) is 6.24. The highest BCUT2D eigenvalue weighted by molar-refractivity contribution is 5.65. The van der Waals surface area contributed by atoms with Gasteiger partial charge in [-0.3, -0.25) is 0 Å². The molecule has 24 heavy (non-hydrogen) atoms. The Labute approximate surface area is 144 Å². The molecule has 0 aliphatic rings. The lowest BCUT2D eigenvalue weighted by Gasteiger charge is -2.22. The van der Waals surface area contributed by atoms with Crippen LogP contribution in [0.5, 0.6) is 0 Å². The number of hydrogen-bond donors (Lipinski definition) is 2. The van der Waals surface area contributed by atoms with Gasteiger partial charge in [-0.2, -0.15) is 10.1 Å². The first-order valence-electron chi connectivity index (χ1n) is 8.59. The molecule has 0 bridgehead atoms. The summed E-state index contributed by atoms with van der Waals surface area (Å²) in [6, 6.07) is 6.42. The van der Waals surface area contributed by atoms with Crippen LogP contribution in [0.1, 0.15) is 33.3 Å². The molecule has 0 aliphatic heterocycles. The number of benzene rings is 1. The van der Waals surface area contributed by atoms with Crippen LogP contribution in [0, 0.1) is 12.8 Å². The maximum atomic E-state index is 4.46. The van der Waals surface area contributed by atoms with Crippen molar-refractivity contribution in [2.45, 2.75) is 34.6 Å². The number of hydrogen-bond acceptors (Lipinski definition) is 6. The largest absolute Gasteiger partial charge is 0.372 e. The summed E-state index contributed by atoms with van der Waals surface area (Å²) < 4.78 is 0. The smallest absolute Gasteiger partial charge is 0.244 e. The number of aromatic nitrogens is 3. The fourth-order valence-corrected chi connectivity index (χ4v) is 2.45. The third-order valence-electron chi connectivity index (χ3n) is 3.83. The summed E-state index contributed by atoms with van der Waals surface area (Å²) in [5, 5.41) is 14.6. The van der Waals surface area contributed by atoms with Gasteiger partial charge in [-0.25, -0.2) is 0 Å². The Kier molecular flexibility index (Phi) is 6.35. The average molecular weight is 328 g/mol. The van der Waals surface area contributed by atoms with Crippen molar-refractivity contribution in [2.24, 2.45) is 5.92 Å². The first-order chi connectivity index (χ1) is 11.5. The van der Waals surface area contributed by atoms with Crippen molar-refractivity contribution in [2.75, 3.05) is 35.2 Å². The van der Waals surface area contributed by atoms with Crippen LogP contribution in [-0.2, 0) is 0 Å². The lowest BCUT2D eigenvalue weighted by atomic mass is 10.1. The van der Waals surface area contributed by atoms with Gasteiger partial charge in [-0.05, 0) is 50.5 Å². The van der Waals surface area contributed by atoms with Gasteiger partial charge in [-0.15, -0.1) is 5.10 Å². The molecule has 2 aromatic rings. The highest BCUT2D eigenvalue weighted by Gasteiger charge is 2.07. The summed E-state index contributed by atoms with van der Waals surface area (Å²) in [5.41, 5.74) is 3.44. The lowest BCUT2D eigenvalue weighted by molar-refractivity contribution is 0.682. The van der Waals surface area contributed by atoms with E-state index in [1.54, 1.807) is 6.20 Å². The molecule has 0 saturated carbocycles. The molecular weight excluding hydrogens is 300 g/mol. The van der Waals surface area contributed by atoms with Crippen LogP contribution < -0.4 is 15.5 Å². The fraction of sp³-hybridized carbons (Fsp3) is 0.500. The van der Waals surface area contributed by atoms with E-state index in [1.807, 2.05) is 0 Å². The number of aryl methyl sites for hydroxylation is 1. The van der Waals surface area contributed by atoms with E-state index in [4.69, 9.17) is 0 Å². The molecule has 2 N–H and O–H groups in total. The molecule has 1 heterocycles. The second kappa shape index (κ2) is 8.47. The van der Waals surface area contributed by atoms with Crippen LogP contribution in [0.15, 0.2) is 24.4 Å². The van der Waals surface area contributed by atoms with Gasteiger partial charge in [-0.1, -0.05) is 13.8 Å². The van der Waals surface area contributed by atoms with Crippen LogP contribution in [0.3, 0.4) is 0 Å². The molecule has 0 radical (unpaired) electrons. The van der Waals surface area contributed by atoms with Crippen LogP contribution in [0.25, 0.3) is 0 Å². The highest BCUT2D eigenvalue weighted by Crippen LogP contribution is 2.24. The number of nitrogens with one attached hydrogen (secondary N) is 2. The zero-order valence-electron chi connectivity index (χ0n) is 15.3. The SMILES string of the molecule is CCN(CC)c1ccc(Nc2cnnc(NCC(C)C)n2)c(C)c1. The van der Waals surface area contributed by atoms with Crippen molar-refractivity contribution in [3.8, 4) is 0 Å². The van der Waals surface area contributed by atoms with Crippen molar-refractivity contribution >= 4 is 23.1 Å². The van der Waals surface area contributed by atoms with Gasteiger partial charge >= 0.3 is 0 Å². The Hall–Kier alpha value is -2.37. The van der Waals surface area contributed by atoms with Crippen molar-refractivity contribution in [1.29, 1.82) is 0 Å².